The number of imidazole rings is 1. The molecule has 3 heteroatoms. The maximum atomic E-state index is 5.73. The molecule has 102 valence electrons. The number of H-pyrrole nitrogens is 1. The molecular weight excluding hydrogens is 236 g/mol. The van der Waals surface area contributed by atoms with E-state index >= 15 is 0 Å². The van der Waals surface area contributed by atoms with E-state index in [0.717, 1.165) is 30.8 Å². The van der Waals surface area contributed by atoms with Crippen molar-refractivity contribution in [3.8, 4) is 0 Å². The van der Waals surface area contributed by atoms with E-state index in [9.17, 15) is 0 Å². The number of aromatic amines is 1. The molecule has 0 spiro atoms. The van der Waals surface area contributed by atoms with Gasteiger partial charge in [-0.15, -0.1) is 0 Å². The Kier molecular flexibility index (Phi) is 4.74. The summed E-state index contributed by atoms with van der Waals surface area (Å²) >= 11 is 0. The third kappa shape index (κ3) is 4.21. The molecule has 0 aliphatic rings. The Labute approximate surface area is 115 Å². The molecule has 3 nitrogen and oxygen atoms in total. The Morgan fingerprint density at radius 1 is 1.11 bits per heavy atom. The van der Waals surface area contributed by atoms with E-state index in [1.807, 2.05) is 0 Å². The SMILES string of the molecule is Cc1cc(C)cc(COCCCc2nc[nH]c2C)c1. The van der Waals surface area contributed by atoms with Crippen molar-refractivity contribution < 1.29 is 4.74 Å². The topological polar surface area (TPSA) is 37.9 Å². The lowest BCUT2D eigenvalue weighted by Crippen LogP contribution is -1.99. The molecular formula is C16H22N2O. The van der Waals surface area contributed by atoms with Crippen LogP contribution in [0.3, 0.4) is 0 Å². The van der Waals surface area contributed by atoms with Crippen molar-refractivity contribution in [2.45, 2.75) is 40.2 Å². The number of nitrogens with zero attached hydrogens (tertiary/aromatic N) is 1. The Hall–Kier alpha value is -1.61. The first-order chi connectivity index (χ1) is 9.15. The third-order valence-electron chi connectivity index (χ3n) is 3.19. The van der Waals surface area contributed by atoms with Crippen LogP contribution in [0.1, 0.15) is 34.5 Å². The van der Waals surface area contributed by atoms with Gasteiger partial charge in [0.1, 0.15) is 0 Å². The standard InChI is InChI=1S/C16H22N2O/c1-12-7-13(2)9-15(8-12)10-19-6-4-5-16-14(3)17-11-18-16/h7-9,11H,4-6,10H2,1-3H3,(H,17,18). The molecule has 0 bridgehead atoms. The predicted molar refractivity (Wildman–Crippen MR) is 77.2 cm³/mol. The van der Waals surface area contributed by atoms with Crippen LogP contribution < -0.4 is 0 Å². The van der Waals surface area contributed by atoms with Gasteiger partial charge in [-0.05, 0) is 39.2 Å². The Balaban J connectivity index is 1.71. The Morgan fingerprint density at radius 3 is 2.47 bits per heavy atom. The highest BCUT2D eigenvalue weighted by atomic mass is 16.5. The van der Waals surface area contributed by atoms with Crippen LogP contribution in [0.2, 0.25) is 0 Å². The van der Waals surface area contributed by atoms with Gasteiger partial charge in [-0.25, -0.2) is 4.98 Å². The molecule has 0 aliphatic carbocycles. The summed E-state index contributed by atoms with van der Waals surface area (Å²) in [4.78, 5) is 7.38. The van der Waals surface area contributed by atoms with E-state index in [0.29, 0.717) is 6.61 Å². The highest BCUT2D eigenvalue weighted by molar-refractivity contribution is 5.27. The van der Waals surface area contributed by atoms with Crippen molar-refractivity contribution in [1.82, 2.24) is 9.97 Å². The molecule has 1 heterocycles. The molecule has 0 aliphatic heterocycles. The van der Waals surface area contributed by atoms with Gasteiger partial charge in [-0.3, -0.25) is 0 Å². The van der Waals surface area contributed by atoms with Crippen LogP contribution >= 0.6 is 0 Å². The Morgan fingerprint density at radius 2 is 1.84 bits per heavy atom. The molecule has 0 saturated carbocycles. The Bertz CT molecular complexity index is 511. The van der Waals surface area contributed by atoms with E-state index in [1.54, 1.807) is 6.33 Å². The quantitative estimate of drug-likeness (QED) is 0.805. The van der Waals surface area contributed by atoms with E-state index in [4.69, 9.17) is 4.74 Å². The summed E-state index contributed by atoms with van der Waals surface area (Å²) in [5.74, 6) is 0. The van der Waals surface area contributed by atoms with Gasteiger partial charge in [-0.2, -0.15) is 0 Å². The van der Waals surface area contributed by atoms with Crippen molar-refractivity contribution in [3.63, 3.8) is 0 Å². The zero-order chi connectivity index (χ0) is 13.7. The minimum atomic E-state index is 0.696. The fourth-order valence-corrected chi connectivity index (χ4v) is 2.32. The van der Waals surface area contributed by atoms with Gasteiger partial charge in [-0.1, -0.05) is 29.3 Å². The van der Waals surface area contributed by atoms with Crippen LogP contribution in [0, 0.1) is 20.8 Å². The van der Waals surface area contributed by atoms with E-state index in [2.05, 4.69) is 48.9 Å². The molecule has 0 amide bonds. The average molecular weight is 258 g/mol. The maximum absolute atomic E-state index is 5.73. The van der Waals surface area contributed by atoms with Gasteiger partial charge in [0.25, 0.3) is 0 Å². The average Bonchev–Trinajstić information content (AvgIpc) is 2.73. The van der Waals surface area contributed by atoms with Crippen LogP contribution in [-0.4, -0.2) is 16.6 Å². The number of hydrogen-bond acceptors (Lipinski definition) is 2. The van der Waals surface area contributed by atoms with Crippen molar-refractivity contribution in [3.05, 3.63) is 52.6 Å². The van der Waals surface area contributed by atoms with Gasteiger partial charge >= 0.3 is 0 Å². The normalized spacial score (nSPS) is 10.9. The minimum Gasteiger partial charge on any atom is -0.377 e. The van der Waals surface area contributed by atoms with Crippen LogP contribution in [0.5, 0.6) is 0 Å². The molecule has 0 atom stereocenters. The predicted octanol–water partition coefficient (Wildman–Crippen LogP) is 3.48. The summed E-state index contributed by atoms with van der Waals surface area (Å²) in [5, 5.41) is 0. The van der Waals surface area contributed by atoms with Crippen LogP contribution in [0.4, 0.5) is 0 Å². The molecule has 2 rings (SSSR count). The maximum Gasteiger partial charge on any atom is 0.0925 e. The van der Waals surface area contributed by atoms with Crippen molar-refractivity contribution in [1.29, 1.82) is 0 Å². The smallest absolute Gasteiger partial charge is 0.0925 e. The molecule has 0 saturated heterocycles. The lowest BCUT2D eigenvalue weighted by Gasteiger charge is -2.06. The molecule has 0 fully saturated rings. The molecule has 1 aromatic carbocycles. The van der Waals surface area contributed by atoms with Gasteiger partial charge < -0.3 is 9.72 Å². The number of aromatic nitrogens is 2. The minimum absolute atomic E-state index is 0.696. The number of hydrogen-bond donors (Lipinski definition) is 1. The molecule has 1 N–H and O–H groups in total. The van der Waals surface area contributed by atoms with Crippen LogP contribution in [-0.2, 0) is 17.8 Å². The summed E-state index contributed by atoms with van der Waals surface area (Å²) in [6, 6.07) is 6.56. The first-order valence-corrected chi connectivity index (χ1v) is 6.79. The molecule has 0 radical (unpaired) electrons. The van der Waals surface area contributed by atoms with Gasteiger partial charge in [0.2, 0.25) is 0 Å². The number of nitrogens with one attached hydrogen (secondary N) is 1. The summed E-state index contributed by atoms with van der Waals surface area (Å²) in [5.41, 5.74) is 6.16. The summed E-state index contributed by atoms with van der Waals surface area (Å²) in [7, 11) is 0. The zero-order valence-electron chi connectivity index (χ0n) is 12.0. The lowest BCUT2D eigenvalue weighted by atomic mass is 10.1. The van der Waals surface area contributed by atoms with Crippen LogP contribution in [0.25, 0.3) is 0 Å². The fraction of sp³-hybridized carbons (Fsp3) is 0.438. The van der Waals surface area contributed by atoms with Crippen molar-refractivity contribution in [2.24, 2.45) is 0 Å². The second-order valence-electron chi connectivity index (χ2n) is 5.13. The van der Waals surface area contributed by atoms with Gasteiger partial charge in [0.15, 0.2) is 0 Å². The molecule has 19 heavy (non-hydrogen) atoms. The van der Waals surface area contributed by atoms with Gasteiger partial charge in [0.05, 0.1) is 18.6 Å². The van der Waals surface area contributed by atoms with Gasteiger partial charge in [0, 0.05) is 12.3 Å². The van der Waals surface area contributed by atoms with Crippen LogP contribution in [0.15, 0.2) is 24.5 Å². The highest BCUT2D eigenvalue weighted by Crippen LogP contribution is 2.10. The molecule has 1 aromatic heterocycles. The fourth-order valence-electron chi connectivity index (χ4n) is 2.32. The van der Waals surface area contributed by atoms with Crippen molar-refractivity contribution >= 4 is 0 Å². The second kappa shape index (κ2) is 6.53. The van der Waals surface area contributed by atoms with E-state index in [1.165, 1.54) is 16.7 Å². The second-order valence-corrected chi connectivity index (χ2v) is 5.13. The van der Waals surface area contributed by atoms with Crippen molar-refractivity contribution in [2.75, 3.05) is 6.61 Å². The number of rotatable bonds is 6. The zero-order valence-corrected chi connectivity index (χ0v) is 12.0. The first-order valence-electron chi connectivity index (χ1n) is 6.79. The first kappa shape index (κ1) is 13.8. The molecule has 2 aromatic rings. The summed E-state index contributed by atoms with van der Waals surface area (Å²) < 4.78 is 5.73. The number of benzene rings is 1. The van der Waals surface area contributed by atoms with E-state index < -0.39 is 0 Å². The third-order valence-corrected chi connectivity index (χ3v) is 3.19. The summed E-state index contributed by atoms with van der Waals surface area (Å²) in [6.07, 6.45) is 3.74. The number of aryl methyl sites for hydroxylation is 4. The monoisotopic (exact) mass is 258 g/mol. The molecule has 0 unspecified atom stereocenters. The van der Waals surface area contributed by atoms with E-state index in [-0.39, 0.29) is 0 Å². The highest BCUT2D eigenvalue weighted by Gasteiger charge is 2.01. The number of ether oxygens (including phenoxy) is 1. The lowest BCUT2D eigenvalue weighted by molar-refractivity contribution is 0.118. The summed E-state index contributed by atoms with van der Waals surface area (Å²) in [6.45, 7) is 7.77. The largest absolute Gasteiger partial charge is 0.377 e.